The molecule has 0 radical (unpaired) electrons. The number of hydrogen-bond acceptors (Lipinski definition) is 6. The standard InChI is InChI=1S/C23H18Cl2N2O4S/c1-14-19-21(26-13-27(22(19)28)12-15-7-8-17(24)18(25)11-15)32-20(14)23(29)31-10-9-30-16-5-3-2-4-6-16/h2-8,11,13H,9-10,12H2,1H3. The zero-order valence-corrected chi connectivity index (χ0v) is 19.3. The Kier molecular flexibility index (Phi) is 6.79. The van der Waals surface area contributed by atoms with Crippen molar-refractivity contribution in [1.82, 2.24) is 9.55 Å². The van der Waals surface area contributed by atoms with Gasteiger partial charge in [-0.3, -0.25) is 9.36 Å². The number of hydrogen-bond donors (Lipinski definition) is 0. The number of ether oxygens (including phenoxy) is 2. The first kappa shape index (κ1) is 22.3. The predicted octanol–water partition coefficient (Wildman–Crippen LogP) is 5.36. The molecule has 0 saturated heterocycles. The van der Waals surface area contributed by atoms with E-state index in [1.165, 1.54) is 10.9 Å². The Labute approximate surface area is 197 Å². The summed E-state index contributed by atoms with van der Waals surface area (Å²) >= 11 is 13.2. The van der Waals surface area contributed by atoms with Crippen molar-refractivity contribution >= 4 is 50.7 Å². The van der Waals surface area contributed by atoms with E-state index in [0.717, 1.165) is 16.9 Å². The van der Waals surface area contributed by atoms with Gasteiger partial charge in [0.05, 0.1) is 28.3 Å². The number of esters is 1. The summed E-state index contributed by atoms with van der Waals surface area (Å²) < 4.78 is 12.3. The summed E-state index contributed by atoms with van der Waals surface area (Å²) in [6, 6.07) is 14.5. The maximum Gasteiger partial charge on any atom is 0.348 e. The molecular formula is C23H18Cl2N2O4S. The van der Waals surface area contributed by atoms with Crippen LogP contribution >= 0.6 is 34.5 Å². The molecule has 0 fully saturated rings. The normalized spacial score (nSPS) is 11.0. The van der Waals surface area contributed by atoms with Crippen LogP contribution in [0.25, 0.3) is 10.2 Å². The Balaban J connectivity index is 1.49. The quantitative estimate of drug-likeness (QED) is 0.258. The van der Waals surface area contributed by atoms with Crippen LogP contribution in [0.2, 0.25) is 10.0 Å². The molecule has 4 aromatic rings. The van der Waals surface area contributed by atoms with Crippen molar-refractivity contribution in [1.29, 1.82) is 0 Å². The number of thiophene rings is 1. The highest BCUT2D eigenvalue weighted by Crippen LogP contribution is 2.28. The molecule has 0 aliphatic rings. The Morgan fingerprint density at radius 1 is 1.09 bits per heavy atom. The summed E-state index contributed by atoms with van der Waals surface area (Å²) in [5.41, 5.74) is 1.13. The number of carbonyl (C=O) groups excluding carboxylic acids is 1. The number of carbonyl (C=O) groups is 1. The molecule has 0 bridgehead atoms. The largest absolute Gasteiger partial charge is 0.490 e. The minimum absolute atomic E-state index is 0.0937. The topological polar surface area (TPSA) is 70.4 Å². The van der Waals surface area contributed by atoms with Gasteiger partial charge in [-0.1, -0.05) is 47.5 Å². The Hall–Kier alpha value is -2.87. The molecule has 9 heteroatoms. The van der Waals surface area contributed by atoms with Crippen molar-refractivity contribution in [2.75, 3.05) is 13.2 Å². The van der Waals surface area contributed by atoms with Crippen LogP contribution in [0, 0.1) is 6.92 Å². The van der Waals surface area contributed by atoms with Crippen molar-refractivity contribution in [3.63, 3.8) is 0 Å². The average molecular weight is 489 g/mol. The van der Waals surface area contributed by atoms with Crippen LogP contribution in [0.1, 0.15) is 20.8 Å². The van der Waals surface area contributed by atoms with Crippen LogP contribution in [0.15, 0.2) is 59.7 Å². The molecule has 0 unspecified atom stereocenters. The van der Waals surface area contributed by atoms with E-state index in [2.05, 4.69) is 4.98 Å². The second-order valence-electron chi connectivity index (χ2n) is 6.96. The van der Waals surface area contributed by atoms with Gasteiger partial charge in [0.1, 0.15) is 28.7 Å². The second-order valence-corrected chi connectivity index (χ2v) is 8.77. The Bertz CT molecular complexity index is 1340. The predicted molar refractivity (Wildman–Crippen MR) is 126 cm³/mol. The van der Waals surface area contributed by atoms with E-state index in [9.17, 15) is 9.59 Å². The van der Waals surface area contributed by atoms with Gasteiger partial charge in [0.2, 0.25) is 0 Å². The van der Waals surface area contributed by atoms with Crippen molar-refractivity contribution in [3.8, 4) is 5.75 Å². The van der Waals surface area contributed by atoms with Gasteiger partial charge >= 0.3 is 5.97 Å². The third-order valence-corrected chi connectivity index (χ3v) is 6.69. The minimum Gasteiger partial charge on any atom is -0.490 e. The van der Waals surface area contributed by atoms with Gasteiger partial charge in [-0.15, -0.1) is 11.3 Å². The lowest BCUT2D eigenvalue weighted by atomic mass is 10.2. The fraction of sp³-hybridized carbons (Fsp3) is 0.174. The Morgan fingerprint density at radius 3 is 2.62 bits per heavy atom. The first-order chi connectivity index (χ1) is 15.4. The third kappa shape index (κ3) is 4.80. The molecule has 6 nitrogen and oxygen atoms in total. The zero-order valence-electron chi connectivity index (χ0n) is 17.0. The summed E-state index contributed by atoms with van der Waals surface area (Å²) in [6.45, 7) is 2.33. The molecule has 2 aromatic heterocycles. The van der Waals surface area contributed by atoms with Crippen LogP contribution in [-0.2, 0) is 11.3 Å². The molecule has 0 spiro atoms. The smallest absolute Gasteiger partial charge is 0.348 e. The lowest BCUT2D eigenvalue weighted by Gasteiger charge is -2.07. The van der Waals surface area contributed by atoms with Crippen molar-refractivity contribution in [2.24, 2.45) is 0 Å². The number of benzene rings is 2. The fourth-order valence-corrected chi connectivity index (χ4v) is 4.53. The van der Waals surface area contributed by atoms with Gasteiger partial charge in [-0.25, -0.2) is 9.78 Å². The highest BCUT2D eigenvalue weighted by molar-refractivity contribution is 7.20. The number of rotatable bonds is 7. The van der Waals surface area contributed by atoms with Crippen LogP contribution in [0.5, 0.6) is 5.75 Å². The maximum absolute atomic E-state index is 13.1. The summed E-state index contributed by atoms with van der Waals surface area (Å²) in [6.07, 6.45) is 1.46. The third-order valence-electron chi connectivity index (χ3n) is 4.77. The molecule has 0 saturated carbocycles. The molecule has 4 rings (SSSR count). The number of halogens is 2. The zero-order chi connectivity index (χ0) is 22.7. The van der Waals surface area contributed by atoms with E-state index in [1.54, 1.807) is 25.1 Å². The molecule has 32 heavy (non-hydrogen) atoms. The lowest BCUT2D eigenvalue weighted by Crippen LogP contribution is -2.21. The molecule has 0 aliphatic carbocycles. The molecule has 0 aliphatic heterocycles. The summed E-state index contributed by atoms with van der Waals surface area (Å²) in [7, 11) is 0. The second kappa shape index (κ2) is 9.73. The van der Waals surface area contributed by atoms with Gasteiger partial charge in [-0.2, -0.15) is 0 Å². The van der Waals surface area contributed by atoms with Gasteiger partial charge in [-0.05, 0) is 42.3 Å². The van der Waals surface area contributed by atoms with E-state index in [1.807, 2.05) is 30.3 Å². The molecule has 164 valence electrons. The van der Waals surface area contributed by atoms with Gasteiger partial charge in [0.15, 0.2) is 0 Å². The van der Waals surface area contributed by atoms with E-state index in [4.69, 9.17) is 32.7 Å². The van der Waals surface area contributed by atoms with Gasteiger partial charge in [0, 0.05) is 0 Å². The lowest BCUT2D eigenvalue weighted by molar-refractivity contribution is 0.0455. The monoisotopic (exact) mass is 488 g/mol. The number of aryl methyl sites for hydroxylation is 1. The van der Waals surface area contributed by atoms with E-state index >= 15 is 0 Å². The fourth-order valence-electron chi connectivity index (χ4n) is 3.18. The number of para-hydroxylation sites is 1. The average Bonchev–Trinajstić information content (AvgIpc) is 3.13. The van der Waals surface area contributed by atoms with Crippen molar-refractivity contribution in [2.45, 2.75) is 13.5 Å². The summed E-state index contributed by atoms with van der Waals surface area (Å²) in [4.78, 5) is 30.8. The van der Waals surface area contributed by atoms with E-state index in [0.29, 0.717) is 36.5 Å². The van der Waals surface area contributed by atoms with Crippen LogP contribution in [0.3, 0.4) is 0 Å². The maximum atomic E-state index is 13.1. The van der Waals surface area contributed by atoms with Crippen molar-refractivity contribution in [3.05, 3.63) is 91.3 Å². The number of nitrogens with zero attached hydrogens (tertiary/aromatic N) is 2. The summed E-state index contributed by atoms with van der Waals surface area (Å²) in [5.74, 6) is 0.200. The molecule has 0 N–H and O–H groups in total. The van der Waals surface area contributed by atoms with Crippen LogP contribution in [-0.4, -0.2) is 28.7 Å². The molecular weight excluding hydrogens is 471 g/mol. The van der Waals surface area contributed by atoms with Gasteiger partial charge in [0.25, 0.3) is 5.56 Å². The SMILES string of the molecule is Cc1c(C(=O)OCCOc2ccccc2)sc2ncn(Cc3ccc(Cl)c(Cl)c3)c(=O)c12. The molecule has 2 aromatic carbocycles. The molecule has 2 heterocycles. The number of fused-ring (bicyclic) bond motifs is 1. The highest BCUT2D eigenvalue weighted by atomic mass is 35.5. The van der Waals surface area contributed by atoms with Crippen LogP contribution < -0.4 is 10.3 Å². The van der Waals surface area contributed by atoms with Crippen molar-refractivity contribution < 1.29 is 14.3 Å². The first-order valence-corrected chi connectivity index (χ1v) is 11.3. The number of aromatic nitrogens is 2. The van der Waals surface area contributed by atoms with E-state index in [-0.39, 0.29) is 25.3 Å². The first-order valence-electron chi connectivity index (χ1n) is 9.71. The summed E-state index contributed by atoms with van der Waals surface area (Å²) in [5, 5.41) is 1.27. The van der Waals surface area contributed by atoms with Gasteiger partial charge < -0.3 is 9.47 Å². The molecule has 0 amide bonds. The van der Waals surface area contributed by atoms with Crippen LogP contribution in [0.4, 0.5) is 0 Å². The van der Waals surface area contributed by atoms with E-state index < -0.39 is 5.97 Å². The Morgan fingerprint density at radius 2 is 1.88 bits per heavy atom. The molecule has 0 atom stereocenters. The minimum atomic E-state index is -0.502. The highest BCUT2D eigenvalue weighted by Gasteiger charge is 2.20.